The fourth-order valence-electron chi connectivity index (χ4n) is 0.670. The van der Waals surface area contributed by atoms with Crippen molar-refractivity contribution >= 4 is 13.8 Å². The summed E-state index contributed by atoms with van der Waals surface area (Å²) >= 11 is 0. The minimum atomic E-state index is -4.61. The van der Waals surface area contributed by atoms with Crippen LogP contribution in [0.15, 0.2) is 18.3 Å². The van der Waals surface area contributed by atoms with Crippen molar-refractivity contribution in [1.29, 1.82) is 0 Å². The second-order valence-electron chi connectivity index (χ2n) is 2.31. The molecule has 0 saturated carbocycles. The van der Waals surface area contributed by atoms with Gasteiger partial charge in [-0.1, -0.05) is 0 Å². The van der Waals surface area contributed by atoms with E-state index < -0.39 is 20.6 Å². The number of aromatic amines is 1. The van der Waals surface area contributed by atoms with Crippen LogP contribution in [0.4, 0.5) is 0 Å². The summed E-state index contributed by atoms with van der Waals surface area (Å²) in [5.41, 5.74) is 0.145. The Hall–Kier alpha value is -1.18. The highest BCUT2D eigenvalue weighted by Crippen LogP contribution is 2.35. The first-order valence-electron chi connectivity index (χ1n) is 3.66. The molecule has 0 aromatic carbocycles. The van der Waals surface area contributed by atoms with Gasteiger partial charge in [-0.2, -0.15) is 4.89 Å². The molecule has 15 heavy (non-hydrogen) atoms. The molecule has 1 aromatic heterocycles. The Bertz CT molecular complexity index is 356. The van der Waals surface area contributed by atoms with Gasteiger partial charge in [-0.25, -0.2) is 9.36 Å². The molecule has 0 aliphatic carbocycles. The number of hydrogen-bond donors (Lipinski definition) is 3. The van der Waals surface area contributed by atoms with Gasteiger partial charge in [0.1, 0.15) is 5.69 Å². The number of nitrogens with one attached hydrogen (secondary N) is 1. The van der Waals surface area contributed by atoms with Crippen LogP contribution in [0.3, 0.4) is 0 Å². The zero-order chi connectivity index (χ0) is 11.3. The molecule has 0 radical (unpaired) electrons. The van der Waals surface area contributed by atoms with E-state index in [-0.39, 0.29) is 5.69 Å². The van der Waals surface area contributed by atoms with Crippen LogP contribution in [0.25, 0.3) is 0 Å². The molecule has 0 aliphatic rings. The Morgan fingerprint density at radius 3 is 2.80 bits per heavy atom. The van der Waals surface area contributed by atoms with E-state index in [4.69, 9.17) is 9.79 Å². The van der Waals surface area contributed by atoms with Crippen molar-refractivity contribution in [1.82, 2.24) is 4.98 Å². The van der Waals surface area contributed by atoms with Crippen molar-refractivity contribution in [2.75, 3.05) is 6.79 Å². The maximum absolute atomic E-state index is 11.0. The summed E-state index contributed by atoms with van der Waals surface area (Å²) in [7, 11) is -4.61. The molecule has 3 N–H and O–H groups in total. The van der Waals surface area contributed by atoms with E-state index in [0.29, 0.717) is 0 Å². The molecule has 1 aromatic rings. The fraction of sp³-hybridized carbons (Fsp3) is 0.167. The van der Waals surface area contributed by atoms with E-state index in [1.807, 2.05) is 0 Å². The average molecular weight is 237 g/mol. The van der Waals surface area contributed by atoms with Crippen LogP contribution < -0.4 is 0 Å². The number of aromatic nitrogens is 1. The Morgan fingerprint density at radius 1 is 1.53 bits per heavy atom. The molecule has 0 spiro atoms. The van der Waals surface area contributed by atoms with E-state index in [9.17, 15) is 9.36 Å². The van der Waals surface area contributed by atoms with Crippen LogP contribution in [-0.2, 0) is 18.9 Å². The molecule has 0 unspecified atom stereocenters. The van der Waals surface area contributed by atoms with Crippen LogP contribution in [0, 0.1) is 0 Å². The molecule has 0 fully saturated rings. The summed E-state index contributed by atoms with van der Waals surface area (Å²) in [4.78, 5) is 38.3. The van der Waals surface area contributed by atoms with Crippen LogP contribution in [0.1, 0.15) is 10.5 Å². The fourth-order valence-corrected chi connectivity index (χ4v) is 0.850. The van der Waals surface area contributed by atoms with Crippen molar-refractivity contribution in [3.63, 3.8) is 0 Å². The van der Waals surface area contributed by atoms with Gasteiger partial charge in [-0.15, -0.1) is 0 Å². The number of rotatable bonds is 5. The first-order valence-corrected chi connectivity index (χ1v) is 5.19. The Kier molecular flexibility index (Phi) is 4.01. The number of phosphoric ester groups is 1. The average Bonchev–Trinajstić information content (AvgIpc) is 2.63. The van der Waals surface area contributed by atoms with Crippen molar-refractivity contribution < 1.29 is 33.4 Å². The zero-order valence-electron chi connectivity index (χ0n) is 7.32. The molecule has 0 amide bonds. The van der Waals surface area contributed by atoms with Gasteiger partial charge in [0.25, 0.3) is 0 Å². The lowest BCUT2D eigenvalue weighted by atomic mass is 10.4. The van der Waals surface area contributed by atoms with E-state index >= 15 is 0 Å². The second kappa shape index (κ2) is 5.06. The number of carbonyl (C=O) groups excluding carboxylic acids is 1. The van der Waals surface area contributed by atoms with Gasteiger partial charge in [0.15, 0.2) is 0 Å². The first-order chi connectivity index (χ1) is 6.99. The number of hydrogen-bond acceptors (Lipinski definition) is 5. The first kappa shape index (κ1) is 11.9. The molecular formula is C6H8NO7P. The van der Waals surface area contributed by atoms with E-state index in [1.54, 1.807) is 6.07 Å². The molecule has 0 bridgehead atoms. The molecule has 1 heterocycles. The topological polar surface area (TPSA) is 118 Å². The third-order valence-corrected chi connectivity index (χ3v) is 1.66. The van der Waals surface area contributed by atoms with Crippen molar-refractivity contribution in [3.05, 3.63) is 24.0 Å². The SMILES string of the molecule is O=C(OOCOP(=O)(O)O)c1ccc[nH]1. The third kappa shape index (κ3) is 4.73. The predicted octanol–water partition coefficient (Wildman–Crippen LogP) is 0.170. The summed E-state index contributed by atoms with van der Waals surface area (Å²) in [5, 5.41) is 0. The molecule has 9 heteroatoms. The third-order valence-electron chi connectivity index (χ3n) is 1.22. The van der Waals surface area contributed by atoms with Gasteiger partial charge in [-0.05, 0) is 12.1 Å². The standard InChI is InChI=1S/C6H8NO7P/c8-6(5-2-1-3-7-5)14-12-4-13-15(9,10)11/h1-3,7H,4H2,(H2,9,10,11). The summed E-state index contributed by atoms with van der Waals surface area (Å²) in [6.07, 6.45) is 1.50. The zero-order valence-corrected chi connectivity index (χ0v) is 8.22. The van der Waals surface area contributed by atoms with Crippen LogP contribution in [0.5, 0.6) is 0 Å². The summed E-state index contributed by atoms with van der Waals surface area (Å²) in [6, 6.07) is 3.01. The molecule has 84 valence electrons. The molecule has 0 atom stereocenters. The number of phosphoric acid groups is 1. The minimum Gasteiger partial charge on any atom is -0.356 e. The Morgan fingerprint density at radius 2 is 2.27 bits per heavy atom. The Balaban J connectivity index is 2.22. The van der Waals surface area contributed by atoms with E-state index in [2.05, 4.69) is 19.3 Å². The molecule has 0 aliphatic heterocycles. The number of H-pyrrole nitrogens is 1. The summed E-state index contributed by atoms with van der Waals surface area (Å²) < 4.78 is 14.0. The monoisotopic (exact) mass is 237 g/mol. The van der Waals surface area contributed by atoms with E-state index in [1.165, 1.54) is 12.3 Å². The highest BCUT2D eigenvalue weighted by molar-refractivity contribution is 7.46. The largest absolute Gasteiger partial charge is 0.471 e. The number of carbonyl (C=O) groups is 1. The van der Waals surface area contributed by atoms with Crippen LogP contribution >= 0.6 is 7.82 Å². The highest BCUT2D eigenvalue weighted by atomic mass is 31.2. The summed E-state index contributed by atoms with van der Waals surface area (Å²) in [6.45, 7) is -0.850. The normalized spacial score (nSPS) is 11.3. The highest BCUT2D eigenvalue weighted by Gasteiger charge is 2.15. The van der Waals surface area contributed by atoms with Crippen LogP contribution in [-0.4, -0.2) is 27.5 Å². The van der Waals surface area contributed by atoms with Gasteiger partial charge < -0.3 is 14.8 Å². The van der Waals surface area contributed by atoms with Crippen LogP contribution in [0.2, 0.25) is 0 Å². The quantitative estimate of drug-likeness (QED) is 0.219. The lowest BCUT2D eigenvalue weighted by Gasteiger charge is -2.04. The van der Waals surface area contributed by atoms with Gasteiger partial charge >= 0.3 is 13.8 Å². The lowest BCUT2D eigenvalue weighted by molar-refractivity contribution is -0.276. The maximum Gasteiger partial charge on any atom is 0.471 e. The van der Waals surface area contributed by atoms with Gasteiger partial charge in [-0.3, -0.25) is 9.41 Å². The second-order valence-corrected chi connectivity index (χ2v) is 3.55. The van der Waals surface area contributed by atoms with Crippen molar-refractivity contribution in [2.24, 2.45) is 0 Å². The molecular weight excluding hydrogens is 229 g/mol. The Labute approximate surface area is 83.9 Å². The van der Waals surface area contributed by atoms with Crippen molar-refractivity contribution in [3.8, 4) is 0 Å². The maximum atomic E-state index is 11.0. The molecule has 1 rings (SSSR count). The van der Waals surface area contributed by atoms with Gasteiger partial charge in [0.2, 0.25) is 6.79 Å². The van der Waals surface area contributed by atoms with Gasteiger partial charge in [0.05, 0.1) is 0 Å². The van der Waals surface area contributed by atoms with Gasteiger partial charge in [0, 0.05) is 6.20 Å². The molecule has 8 nitrogen and oxygen atoms in total. The molecule has 0 saturated heterocycles. The smallest absolute Gasteiger partial charge is 0.356 e. The minimum absolute atomic E-state index is 0.145. The predicted molar refractivity (Wildman–Crippen MR) is 45.3 cm³/mol. The van der Waals surface area contributed by atoms with Crippen molar-refractivity contribution in [2.45, 2.75) is 0 Å². The summed E-state index contributed by atoms with van der Waals surface area (Å²) in [5.74, 6) is -0.825. The van der Waals surface area contributed by atoms with E-state index in [0.717, 1.165) is 0 Å². The lowest BCUT2D eigenvalue weighted by Crippen LogP contribution is -2.08.